The quantitative estimate of drug-likeness (QED) is 0.712. The van der Waals surface area contributed by atoms with Crippen LogP contribution >= 0.6 is 0 Å². The van der Waals surface area contributed by atoms with Crippen LogP contribution in [-0.2, 0) is 16.7 Å². The van der Waals surface area contributed by atoms with Gasteiger partial charge in [0.2, 0.25) is 0 Å². The van der Waals surface area contributed by atoms with Gasteiger partial charge in [-0.2, -0.15) is 8.42 Å². The SMILES string of the molecule is C=C(C)c1ccccc1CN(CCCC)CCS(=O)(=O)O. The zero-order chi connectivity index (χ0) is 15.9. The lowest BCUT2D eigenvalue weighted by Crippen LogP contribution is -2.30. The predicted octanol–water partition coefficient (Wildman–Crippen LogP) is 3.21. The molecule has 0 saturated heterocycles. The Labute approximate surface area is 128 Å². The van der Waals surface area contributed by atoms with Gasteiger partial charge in [-0.15, -0.1) is 0 Å². The minimum atomic E-state index is -3.92. The van der Waals surface area contributed by atoms with Gasteiger partial charge in [-0.1, -0.05) is 49.8 Å². The molecule has 0 aliphatic heterocycles. The average Bonchev–Trinajstić information content (AvgIpc) is 2.41. The Morgan fingerprint density at radius 1 is 1.29 bits per heavy atom. The van der Waals surface area contributed by atoms with E-state index < -0.39 is 10.1 Å². The minimum Gasteiger partial charge on any atom is -0.298 e. The summed E-state index contributed by atoms with van der Waals surface area (Å²) in [6.45, 7) is 9.87. The lowest BCUT2D eigenvalue weighted by Gasteiger charge is -2.23. The topological polar surface area (TPSA) is 57.6 Å². The summed E-state index contributed by atoms with van der Waals surface area (Å²) in [7, 11) is -3.92. The van der Waals surface area contributed by atoms with Crippen molar-refractivity contribution < 1.29 is 13.0 Å². The second kappa shape index (κ2) is 8.32. The first kappa shape index (κ1) is 17.9. The maximum atomic E-state index is 11.0. The molecule has 0 aliphatic rings. The van der Waals surface area contributed by atoms with Gasteiger partial charge >= 0.3 is 0 Å². The molecular weight excluding hydrogens is 286 g/mol. The summed E-state index contributed by atoms with van der Waals surface area (Å²) in [5.41, 5.74) is 3.23. The van der Waals surface area contributed by atoms with E-state index in [1.54, 1.807) is 0 Å². The number of hydrogen-bond donors (Lipinski definition) is 1. The van der Waals surface area contributed by atoms with Crippen molar-refractivity contribution in [1.29, 1.82) is 0 Å². The van der Waals surface area contributed by atoms with Crippen LogP contribution in [0, 0.1) is 0 Å². The van der Waals surface area contributed by atoms with Gasteiger partial charge in [0, 0.05) is 13.1 Å². The molecule has 0 fully saturated rings. The van der Waals surface area contributed by atoms with Crippen molar-refractivity contribution in [2.45, 2.75) is 33.2 Å². The van der Waals surface area contributed by atoms with Crippen LogP contribution in [0.5, 0.6) is 0 Å². The number of rotatable bonds is 9. The van der Waals surface area contributed by atoms with E-state index >= 15 is 0 Å². The van der Waals surface area contributed by atoms with Crippen LogP contribution in [0.1, 0.15) is 37.8 Å². The highest BCUT2D eigenvalue weighted by Gasteiger charge is 2.13. The lowest BCUT2D eigenvalue weighted by molar-refractivity contribution is 0.274. The van der Waals surface area contributed by atoms with E-state index in [-0.39, 0.29) is 5.75 Å². The molecule has 0 spiro atoms. The molecule has 0 amide bonds. The van der Waals surface area contributed by atoms with Crippen LogP contribution in [-0.4, -0.2) is 36.7 Å². The molecule has 0 unspecified atom stereocenters. The molecule has 0 bridgehead atoms. The minimum absolute atomic E-state index is 0.230. The Balaban J connectivity index is 2.82. The second-order valence-electron chi connectivity index (χ2n) is 5.35. The summed E-state index contributed by atoms with van der Waals surface area (Å²) in [5, 5.41) is 0. The molecule has 0 saturated carbocycles. The summed E-state index contributed by atoms with van der Waals surface area (Å²) < 4.78 is 30.8. The molecule has 1 rings (SSSR count). The van der Waals surface area contributed by atoms with Crippen LogP contribution in [0.2, 0.25) is 0 Å². The van der Waals surface area contributed by atoms with Gasteiger partial charge in [-0.3, -0.25) is 9.45 Å². The van der Waals surface area contributed by atoms with E-state index in [4.69, 9.17) is 4.55 Å². The average molecular weight is 311 g/mol. The Morgan fingerprint density at radius 2 is 1.95 bits per heavy atom. The number of benzene rings is 1. The van der Waals surface area contributed by atoms with Crippen molar-refractivity contribution in [2.24, 2.45) is 0 Å². The fourth-order valence-electron chi connectivity index (χ4n) is 2.21. The standard InChI is InChI=1S/C16H25NO3S/c1-4-5-10-17(11-12-21(18,19)20)13-15-8-6-7-9-16(15)14(2)3/h6-9H,2,4-5,10-13H2,1,3H3,(H,18,19,20). The predicted molar refractivity (Wildman–Crippen MR) is 87.8 cm³/mol. The van der Waals surface area contributed by atoms with Crippen molar-refractivity contribution in [3.8, 4) is 0 Å². The van der Waals surface area contributed by atoms with E-state index in [9.17, 15) is 8.42 Å². The fourth-order valence-corrected chi connectivity index (χ4v) is 2.70. The normalized spacial score (nSPS) is 11.8. The highest BCUT2D eigenvalue weighted by atomic mass is 32.2. The van der Waals surface area contributed by atoms with Crippen LogP contribution in [0.3, 0.4) is 0 Å². The molecule has 1 N–H and O–H groups in total. The highest BCUT2D eigenvalue weighted by molar-refractivity contribution is 7.85. The van der Waals surface area contributed by atoms with Crippen molar-refractivity contribution in [3.63, 3.8) is 0 Å². The molecule has 0 aromatic heterocycles. The summed E-state index contributed by atoms with van der Waals surface area (Å²) in [6.07, 6.45) is 2.05. The number of allylic oxidation sites excluding steroid dienone is 1. The monoisotopic (exact) mass is 311 g/mol. The van der Waals surface area contributed by atoms with Gasteiger partial charge in [0.15, 0.2) is 0 Å². The van der Waals surface area contributed by atoms with Crippen molar-refractivity contribution in [3.05, 3.63) is 42.0 Å². The first-order chi connectivity index (χ1) is 9.83. The number of unbranched alkanes of at least 4 members (excludes halogenated alkanes) is 1. The Kier molecular flexibility index (Phi) is 7.08. The van der Waals surface area contributed by atoms with E-state index in [0.717, 1.165) is 36.1 Å². The van der Waals surface area contributed by atoms with Crippen LogP contribution in [0.4, 0.5) is 0 Å². The van der Waals surface area contributed by atoms with E-state index in [1.165, 1.54) is 0 Å². The number of hydrogen-bond acceptors (Lipinski definition) is 3. The summed E-state index contributed by atoms with van der Waals surface area (Å²) in [4.78, 5) is 2.07. The van der Waals surface area contributed by atoms with Crippen molar-refractivity contribution >= 4 is 15.7 Å². The highest BCUT2D eigenvalue weighted by Crippen LogP contribution is 2.19. The Bertz CT molecular complexity index is 567. The molecule has 0 heterocycles. The van der Waals surface area contributed by atoms with Gasteiger partial charge in [-0.05, 0) is 31.0 Å². The fraction of sp³-hybridized carbons (Fsp3) is 0.500. The molecule has 5 heteroatoms. The Morgan fingerprint density at radius 3 is 2.52 bits per heavy atom. The lowest BCUT2D eigenvalue weighted by atomic mass is 10.0. The number of nitrogens with zero attached hydrogens (tertiary/aromatic N) is 1. The maximum absolute atomic E-state index is 11.0. The third-order valence-corrected chi connectivity index (χ3v) is 4.06. The summed E-state index contributed by atoms with van der Waals surface area (Å²) in [5.74, 6) is -0.230. The third kappa shape index (κ3) is 6.89. The molecule has 1 aromatic rings. The Hall–Kier alpha value is -1.17. The summed E-state index contributed by atoms with van der Waals surface area (Å²) >= 11 is 0. The molecule has 0 radical (unpaired) electrons. The second-order valence-corrected chi connectivity index (χ2v) is 6.93. The molecule has 118 valence electrons. The molecule has 4 nitrogen and oxygen atoms in total. The first-order valence-corrected chi connectivity index (χ1v) is 8.85. The van der Waals surface area contributed by atoms with E-state index in [2.05, 4.69) is 18.4 Å². The van der Waals surface area contributed by atoms with Crippen LogP contribution < -0.4 is 0 Å². The van der Waals surface area contributed by atoms with E-state index in [1.807, 2.05) is 31.2 Å². The molecular formula is C16H25NO3S. The van der Waals surface area contributed by atoms with Crippen molar-refractivity contribution in [2.75, 3.05) is 18.8 Å². The molecule has 0 aliphatic carbocycles. The smallest absolute Gasteiger partial charge is 0.266 e. The third-order valence-electron chi connectivity index (χ3n) is 3.36. The van der Waals surface area contributed by atoms with Crippen LogP contribution in [0.25, 0.3) is 5.57 Å². The zero-order valence-electron chi connectivity index (χ0n) is 12.9. The maximum Gasteiger partial charge on any atom is 0.266 e. The molecule has 1 aromatic carbocycles. The van der Waals surface area contributed by atoms with Gasteiger partial charge in [0.05, 0.1) is 5.75 Å². The van der Waals surface area contributed by atoms with Crippen LogP contribution in [0.15, 0.2) is 30.8 Å². The molecule has 21 heavy (non-hydrogen) atoms. The van der Waals surface area contributed by atoms with E-state index in [0.29, 0.717) is 13.1 Å². The zero-order valence-corrected chi connectivity index (χ0v) is 13.7. The van der Waals surface area contributed by atoms with Gasteiger partial charge < -0.3 is 0 Å². The van der Waals surface area contributed by atoms with Gasteiger partial charge in [-0.25, -0.2) is 0 Å². The summed E-state index contributed by atoms with van der Waals surface area (Å²) in [6, 6.07) is 8.01. The van der Waals surface area contributed by atoms with Gasteiger partial charge in [0.25, 0.3) is 10.1 Å². The largest absolute Gasteiger partial charge is 0.298 e. The first-order valence-electron chi connectivity index (χ1n) is 7.24. The van der Waals surface area contributed by atoms with Gasteiger partial charge in [0.1, 0.15) is 0 Å². The molecule has 0 atom stereocenters. The van der Waals surface area contributed by atoms with Crippen molar-refractivity contribution in [1.82, 2.24) is 4.90 Å².